The lowest BCUT2D eigenvalue weighted by atomic mass is 9.78. The molecule has 0 saturated heterocycles. The number of ether oxygens (including phenoxy) is 2. The van der Waals surface area contributed by atoms with Crippen LogP contribution in [0.2, 0.25) is 0 Å². The molecule has 0 aliphatic heterocycles. The number of hydrogen-bond acceptors (Lipinski definition) is 4. The van der Waals surface area contributed by atoms with Crippen molar-refractivity contribution < 1.29 is 19.1 Å². The van der Waals surface area contributed by atoms with E-state index in [9.17, 15) is 9.59 Å². The van der Waals surface area contributed by atoms with Crippen LogP contribution in [0.15, 0.2) is 97.1 Å². The van der Waals surface area contributed by atoms with Crippen LogP contribution in [0.1, 0.15) is 65.5 Å². The molecule has 0 radical (unpaired) electrons. The molecule has 4 aromatic rings. The van der Waals surface area contributed by atoms with Crippen molar-refractivity contribution >= 4 is 23.2 Å². The van der Waals surface area contributed by atoms with Gasteiger partial charge in [0.05, 0.1) is 0 Å². The Kier molecular flexibility index (Phi) is 7.72. The van der Waals surface area contributed by atoms with Gasteiger partial charge in [0.15, 0.2) is 0 Å². The molecule has 0 bridgehead atoms. The van der Waals surface area contributed by atoms with Gasteiger partial charge >= 0.3 is 0 Å². The maximum Gasteiger partial charge on any atom is 0.228 e. The minimum atomic E-state index is -0.233. The Morgan fingerprint density at radius 3 is 1.09 bits per heavy atom. The number of anilines is 2. The Balaban J connectivity index is 1.02. The highest BCUT2D eigenvalue weighted by Crippen LogP contribution is 2.52. The molecule has 2 aliphatic carbocycles. The Bertz CT molecular complexity index is 1560. The van der Waals surface area contributed by atoms with Crippen LogP contribution in [-0.2, 0) is 15.0 Å². The molecule has 6 heteroatoms. The fourth-order valence-electron chi connectivity index (χ4n) is 5.82. The van der Waals surface area contributed by atoms with Crippen LogP contribution in [0.3, 0.4) is 0 Å². The Hall–Kier alpha value is -4.58. The lowest BCUT2D eigenvalue weighted by Crippen LogP contribution is -2.18. The van der Waals surface area contributed by atoms with E-state index in [-0.39, 0.29) is 39.9 Å². The van der Waals surface area contributed by atoms with E-state index in [0.29, 0.717) is 11.5 Å². The first-order valence-electron chi connectivity index (χ1n) is 15.7. The molecule has 0 aromatic heterocycles. The molecular weight excluding hydrogens is 560 g/mol. The maximum atomic E-state index is 12.4. The predicted octanol–water partition coefficient (Wildman–Crippen LogP) is 9.57. The lowest BCUT2D eigenvalue weighted by molar-refractivity contribution is -0.118. The largest absolute Gasteiger partial charge is 0.457 e. The first-order chi connectivity index (χ1) is 21.3. The van der Waals surface area contributed by atoms with Crippen LogP contribution in [0, 0.1) is 22.7 Å². The van der Waals surface area contributed by atoms with Gasteiger partial charge in [-0.25, -0.2) is 0 Å². The number of nitrogens with one attached hydrogen (secondary N) is 2. The maximum absolute atomic E-state index is 12.4. The molecule has 2 saturated carbocycles. The number of hydrogen-bond donors (Lipinski definition) is 2. The number of carbonyl (C=O) groups is 2. The quantitative estimate of drug-likeness (QED) is 0.190. The molecule has 232 valence electrons. The summed E-state index contributed by atoms with van der Waals surface area (Å²) < 4.78 is 12.1. The summed E-state index contributed by atoms with van der Waals surface area (Å²) >= 11 is 0. The molecule has 6 rings (SSSR count). The number of rotatable bonds is 10. The Labute approximate surface area is 266 Å². The van der Waals surface area contributed by atoms with Gasteiger partial charge < -0.3 is 20.1 Å². The van der Waals surface area contributed by atoms with Crippen molar-refractivity contribution in [2.24, 2.45) is 22.7 Å². The van der Waals surface area contributed by atoms with Crippen molar-refractivity contribution in [1.82, 2.24) is 0 Å². The van der Waals surface area contributed by atoms with Gasteiger partial charge in [0.25, 0.3) is 0 Å². The minimum absolute atomic E-state index is 0.0831. The summed E-state index contributed by atoms with van der Waals surface area (Å²) in [7, 11) is 0. The van der Waals surface area contributed by atoms with Crippen LogP contribution in [0.5, 0.6) is 23.0 Å². The van der Waals surface area contributed by atoms with Gasteiger partial charge in [-0.05, 0) is 108 Å². The van der Waals surface area contributed by atoms with Crippen molar-refractivity contribution in [1.29, 1.82) is 0 Å². The third kappa shape index (κ3) is 6.90. The first kappa shape index (κ1) is 30.4. The molecule has 45 heavy (non-hydrogen) atoms. The predicted molar refractivity (Wildman–Crippen MR) is 179 cm³/mol. The lowest BCUT2D eigenvalue weighted by Gasteiger charge is -2.26. The van der Waals surface area contributed by atoms with E-state index in [1.165, 1.54) is 0 Å². The molecule has 0 spiro atoms. The highest BCUT2D eigenvalue weighted by atomic mass is 16.5. The minimum Gasteiger partial charge on any atom is -0.457 e. The van der Waals surface area contributed by atoms with E-state index in [2.05, 4.69) is 76.4 Å². The average molecular weight is 603 g/mol. The molecule has 2 amide bonds. The second-order valence-corrected chi connectivity index (χ2v) is 14.4. The average Bonchev–Trinajstić information content (AvgIpc) is 3.87. The third-order valence-corrected chi connectivity index (χ3v) is 9.53. The summed E-state index contributed by atoms with van der Waals surface area (Å²) in [5.41, 5.74) is 3.86. The molecule has 4 aromatic carbocycles. The van der Waals surface area contributed by atoms with Crippen LogP contribution in [0.4, 0.5) is 11.4 Å². The molecule has 2 atom stereocenters. The molecule has 0 heterocycles. The second-order valence-electron chi connectivity index (χ2n) is 14.4. The molecular formula is C39H42N2O4. The van der Waals surface area contributed by atoms with Gasteiger partial charge in [0.1, 0.15) is 23.0 Å². The van der Waals surface area contributed by atoms with Crippen molar-refractivity contribution in [3.8, 4) is 23.0 Å². The second kappa shape index (κ2) is 11.4. The van der Waals surface area contributed by atoms with Crippen LogP contribution in [0.25, 0.3) is 0 Å². The number of carbonyl (C=O) groups excluding carboxylic acids is 2. The third-order valence-electron chi connectivity index (χ3n) is 9.53. The van der Waals surface area contributed by atoms with Gasteiger partial charge in [0.2, 0.25) is 11.8 Å². The topological polar surface area (TPSA) is 76.7 Å². The number of benzene rings is 4. The van der Waals surface area contributed by atoms with Crippen LogP contribution in [-0.4, -0.2) is 11.8 Å². The molecule has 2 N–H and O–H groups in total. The zero-order valence-electron chi connectivity index (χ0n) is 26.9. The van der Waals surface area contributed by atoms with Gasteiger partial charge in [0, 0.05) is 28.6 Å². The molecule has 2 aliphatic rings. The molecule has 2 fully saturated rings. The summed E-state index contributed by atoms with van der Waals surface area (Å²) in [5, 5.41) is 6.01. The standard InChI is InChI=1S/C39H42N2O4/c1-37(2)23-33(37)35(42)40-27-11-19-31(20-12-27)44-29-15-7-25(8-16-29)39(5,6)26-9-17-30(18-10-26)45-32-21-13-28(14-22-32)41-36(43)34-24-38(34,3)4/h7-22,33-34H,23-24H2,1-6H3,(H,40,42)(H,41,43)/t33-,34+. The van der Waals surface area contributed by atoms with E-state index in [1.54, 1.807) is 0 Å². The normalized spacial score (nSPS) is 19.2. The van der Waals surface area contributed by atoms with Crippen LogP contribution >= 0.6 is 0 Å². The molecule has 0 unspecified atom stereocenters. The summed E-state index contributed by atoms with van der Waals surface area (Å²) in [5.74, 6) is 3.27. The number of amides is 2. The zero-order valence-corrected chi connectivity index (χ0v) is 26.9. The smallest absolute Gasteiger partial charge is 0.228 e. The highest BCUT2D eigenvalue weighted by Gasteiger charge is 2.51. The monoisotopic (exact) mass is 602 g/mol. The fraction of sp³-hybridized carbons (Fsp3) is 0.333. The summed E-state index contributed by atoms with van der Waals surface area (Å²) in [6, 6.07) is 31.3. The zero-order chi connectivity index (χ0) is 32.0. The van der Waals surface area contributed by atoms with E-state index in [0.717, 1.165) is 46.8 Å². The van der Waals surface area contributed by atoms with E-state index < -0.39 is 0 Å². The van der Waals surface area contributed by atoms with Gasteiger partial charge in [-0.1, -0.05) is 65.8 Å². The van der Waals surface area contributed by atoms with Crippen molar-refractivity contribution in [3.05, 3.63) is 108 Å². The fourth-order valence-corrected chi connectivity index (χ4v) is 5.82. The highest BCUT2D eigenvalue weighted by molar-refractivity contribution is 5.95. The van der Waals surface area contributed by atoms with E-state index >= 15 is 0 Å². The Morgan fingerprint density at radius 1 is 0.556 bits per heavy atom. The first-order valence-corrected chi connectivity index (χ1v) is 15.7. The van der Waals surface area contributed by atoms with Gasteiger partial charge in [-0.15, -0.1) is 0 Å². The van der Waals surface area contributed by atoms with Gasteiger partial charge in [-0.3, -0.25) is 9.59 Å². The van der Waals surface area contributed by atoms with E-state index in [4.69, 9.17) is 9.47 Å². The van der Waals surface area contributed by atoms with Crippen LogP contribution < -0.4 is 20.1 Å². The van der Waals surface area contributed by atoms with Crippen molar-refractivity contribution in [2.75, 3.05) is 10.6 Å². The SMILES string of the molecule is CC(C)(c1ccc(Oc2ccc(NC(=O)[C@H]3CC3(C)C)cc2)cc1)c1ccc(Oc2ccc(NC(=O)[C@@H]3CC3(C)C)cc2)cc1. The van der Waals surface area contributed by atoms with Crippen molar-refractivity contribution in [3.63, 3.8) is 0 Å². The Morgan fingerprint density at radius 2 is 0.822 bits per heavy atom. The molecule has 6 nitrogen and oxygen atoms in total. The van der Waals surface area contributed by atoms with Gasteiger partial charge in [-0.2, -0.15) is 0 Å². The summed E-state index contributed by atoms with van der Waals surface area (Å²) in [6.45, 7) is 12.9. The van der Waals surface area contributed by atoms with Crippen molar-refractivity contribution in [2.45, 2.75) is 59.8 Å². The summed E-state index contributed by atoms with van der Waals surface area (Å²) in [6.07, 6.45) is 1.87. The summed E-state index contributed by atoms with van der Waals surface area (Å²) in [4.78, 5) is 24.8. The van der Waals surface area contributed by atoms with E-state index in [1.807, 2.05) is 72.8 Å².